The Bertz CT molecular complexity index is 68.1. The van der Waals surface area contributed by atoms with E-state index in [1.165, 1.54) is 0 Å². The van der Waals surface area contributed by atoms with Gasteiger partial charge in [0.05, 0.1) is 0 Å². The van der Waals surface area contributed by atoms with Crippen molar-refractivity contribution in [1.82, 2.24) is 5.06 Å². The van der Waals surface area contributed by atoms with Crippen LogP contribution in [0.25, 0.3) is 0 Å². The lowest BCUT2D eigenvalue weighted by Gasteiger charge is -2.19. The lowest BCUT2D eigenvalue weighted by molar-refractivity contribution is -0.204. The maximum absolute atomic E-state index is 8.97. The molecule has 1 N–H and O–H groups in total. The molecule has 0 spiro atoms. The summed E-state index contributed by atoms with van der Waals surface area (Å²) in [6, 6.07) is 0. The third-order valence-corrected chi connectivity index (χ3v) is 1.15. The summed E-state index contributed by atoms with van der Waals surface area (Å²) in [5.74, 6) is 0. The molecule has 1 unspecified atom stereocenters. The van der Waals surface area contributed by atoms with Crippen LogP contribution in [-0.2, 0) is 4.74 Å². The van der Waals surface area contributed by atoms with Crippen molar-refractivity contribution in [3.8, 4) is 0 Å². The fourth-order valence-electron chi connectivity index (χ4n) is 0.584. The Balaban J connectivity index is 3.32. The van der Waals surface area contributed by atoms with Gasteiger partial charge >= 0.3 is 0 Å². The Morgan fingerprint density at radius 3 is 2.44 bits per heavy atom. The highest BCUT2D eigenvalue weighted by Crippen LogP contribution is 1.94. The number of hydrogen-bond acceptors (Lipinski definition) is 3. The van der Waals surface area contributed by atoms with Gasteiger partial charge in [0.1, 0.15) is 6.23 Å². The van der Waals surface area contributed by atoms with Crippen LogP contribution in [0.1, 0.15) is 20.8 Å². The fraction of sp³-hybridized carbons (Fsp3) is 1.00. The van der Waals surface area contributed by atoms with Crippen LogP contribution < -0.4 is 0 Å². The van der Waals surface area contributed by atoms with Gasteiger partial charge in [0.15, 0.2) is 0 Å². The maximum Gasteiger partial charge on any atom is 0.130 e. The highest BCUT2D eigenvalue weighted by Gasteiger charge is 2.06. The molecule has 0 aromatic heterocycles. The van der Waals surface area contributed by atoms with Crippen molar-refractivity contribution in [3.05, 3.63) is 0 Å². The van der Waals surface area contributed by atoms with Gasteiger partial charge in [-0.15, -0.1) is 0 Å². The highest BCUT2D eigenvalue weighted by molar-refractivity contribution is 4.40. The molecule has 0 aliphatic heterocycles. The summed E-state index contributed by atoms with van der Waals surface area (Å²) >= 11 is 0. The van der Waals surface area contributed by atoms with E-state index >= 15 is 0 Å². The first-order chi connectivity index (χ1) is 4.22. The van der Waals surface area contributed by atoms with E-state index in [4.69, 9.17) is 9.94 Å². The number of ether oxygens (including phenoxy) is 1. The van der Waals surface area contributed by atoms with Crippen LogP contribution >= 0.6 is 0 Å². The van der Waals surface area contributed by atoms with Crippen LogP contribution in [0.15, 0.2) is 0 Å². The van der Waals surface area contributed by atoms with E-state index in [9.17, 15) is 0 Å². The molecule has 0 aliphatic rings. The molecule has 0 aromatic carbocycles. The molecule has 0 rings (SSSR count). The summed E-state index contributed by atoms with van der Waals surface area (Å²) in [4.78, 5) is 0. The predicted octanol–water partition coefficient (Wildman–Crippen LogP) is 1.08. The Morgan fingerprint density at radius 2 is 2.11 bits per heavy atom. The molecule has 9 heavy (non-hydrogen) atoms. The lowest BCUT2D eigenvalue weighted by Crippen LogP contribution is -2.31. The van der Waals surface area contributed by atoms with Gasteiger partial charge in [0, 0.05) is 13.2 Å². The van der Waals surface area contributed by atoms with Crippen LogP contribution in [0.3, 0.4) is 0 Å². The lowest BCUT2D eigenvalue weighted by atomic mass is 10.6. The van der Waals surface area contributed by atoms with Crippen LogP contribution in [0, 0.1) is 0 Å². The van der Waals surface area contributed by atoms with Crippen molar-refractivity contribution in [2.75, 3.05) is 13.2 Å². The molecule has 1 atom stereocenters. The maximum atomic E-state index is 8.97. The minimum atomic E-state index is -0.181. The van der Waals surface area contributed by atoms with Gasteiger partial charge in [-0.25, -0.2) is 0 Å². The standard InChI is InChI=1S/C6H15NO2/c1-4-7(8)6(3)9-5-2/h6,8H,4-5H2,1-3H3. The monoisotopic (exact) mass is 133 g/mol. The summed E-state index contributed by atoms with van der Waals surface area (Å²) in [6.07, 6.45) is -0.181. The van der Waals surface area contributed by atoms with Crippen molar-refractivity contribution in [2.45, 2.75) is 27.0 Å². The SMILES string of the molecule is CCOC(C)N(O)CC. The average Bonchev–Trinajstić information content (AvgIpc) is 1.87. The minimum Gasteiger partial charge on any atom is -0.362 e. The van der Waals surface area contributed by atoms with E-state index in [-0.39, 0.29) is 6.23 Å². The number of rotatable bonds is 4. The van der Waals surface area contributed by atoms with Crippen LogP contribution in [0.4, 0.5) is 0 Å². The second kappa shape index (κ2) is 4.73. The molecule has 0 radical (unpaired) electrons. The zero-order chi connectivity index (χ0) is 7.28. The normalized spacial score (nSPS) is 14.3. The largest absolute Gasteiger partial charge is 0.362 e. The molecule has 0 amide bonds. The molecule has 0 saturated carbocycles. The van der Waals surface area contributed by atoms with Crippen molar-refractivity contribution in [3.63, 3.8) is 0 Å². The second-order valence-corrected chi connectivity index (χ2v) is 1.81. The van der Waals surface area contributed by atoms with Gasteiger partial charge in [0.25, 0.3) is 0 Å². The Kier molecular flexibility index (Phi) is 4.67. The van der Waals surface area contributed by atoms with Gasteiger partial charge in [-0.05, 0) is 20.8 Å². The van der Waals surface area contributed by atoms with Crippen molar-refractivity contribution in [2.24, 2.45) is 0 Å². The first kappa shape index (κ1) is 8.88. The van der Waals surface area contributed by atoms with Crippen molar-refractivity contribution < 1.29 is 9.94 Å². The van der Waals surface area contributed by atoms with E-state index in [1.807, 2.05) is 20.8 Å². The minimum absolute atomic E-state index is 0.181. The predicted molar refractivity (Wildman–Crippen MR) is 35.3 cm³/mol. The van der Waals surface area contributed by atoms with Crippen molar-refractivity contribution >= 4 is 0 Å². The van der Waals surface area contributed by atoms with E-state index in [1.54, 1.807) is 0 Å². The first-order valence-corrected chi connectivity index (χ1v) is 3.29. The van der Waals surface area contributed by atoms with Crippen molar-refractivity contribution in [1.29, 1.82) is 0 Å². The quantitative estimate of drug-likeness (QED) is 0.460. The summed E-state index contributed by atoms with van der Waals surface area (Å²) in [7, 11) is 0. The molecule has 3 nitrogen and oxygen atoms in total. The van der Waals surface area contributed by atoms with Crippen LogP contribution in [0.5, 0.6) is 0 Å². The van der Waals surface area contributed by atoms with Crippen LogP contribution in [-0.4, -0.2) is 29.7 Å². The summed E-state index contributed by atoms with van der Waals surface area (Å²) in [5, 5.41) is 10.1. The molecule has 0 fully saturated rings. The first-order valence-electron chi connectivity index (χ1n) is 3.29. The molecule has 0 bridgehead atoms. The number of nitrogens with zero attached hydrogens (tertiary/aromatic N) is 1. The molecule has 56 valence electrons. The zero-order valence-corrected chi connectivity index (χ0v) is 6.29. The third-order valence-electron chi connectivity index (χ3n) is 1.15. The smallest absolute Gasteiger partial charge is 0.130 e. The third kappa shape index (κ3) is 3.46. The van der Waals surface area contributed by atoms with E-state index in [0.29, 0.717) is 13.2 Å². The Hall–Kier alpha value is -0.120. The van der Waals surface area contributed by atoms with Gasteiger partial charge in [-0.1, -0.05) is 0 Å². The molecular weight excluding hydrogens is 118 g/mol. The van der Waals surface area contributed by atoms with Gasteiger partial charge < -0.3 is 9.94 Å². The second-order valence-electron chi connectivity index (χ2n) is 1.81. The summed E-state index contributed by atoms with van der Waals surface area (Å²) < 4.78 is 5.07. The van der Waals surface area contributed by atoms with E-state index in [0.717, 1.165) is 5.06 Å². The van der Waals surface area contributed by atoms with Gasteiger partial charge in [-0.3, -0.25) is 0 Å². The fourth-order valence-corrected chi connectivity index (χ4v) is 0.584. The number of hydrogen-bond donors (Lipinski definition) is 1. The van der Waals surface area contributed by atoms with Crippen LogP contribution in [0.2, 0.25) is 0 Å². The zero-order valence-electron chi connectivity index (χ0n) is 6.29. The van der Waals surface area contributed by atoms with Gasteiger partial charge in [-0.2, -0.15) is 5.06 Å². The average molecular weight is 133 g/mol. The summed E-state index contributed by atoms with van der Waals surface area (Å²) in [6.45, 7) is 6.82. The van der Waals surface area contributed by atoms with Gasteiger partial charge in [0.2, 0.25) is 0 Å². The number of hydroxylamine groups is 2. The molecular formula is C6H15NO2. The molecule has 3 heteroatoms. The Morgan fingerprint density at radius 1 is 1.56 bits per heavy atom. The molecule has 0 aliphatic carbocycles. The molecule has 0 aromatic rings. The Labute approximate surface area is 56.2 Å². The van der Waals surface area contributed by atoms with E-state index in [2.05, 4.69) is 0 Å². The highest BCUT2D eigenvalue weighted by atomic mass is 16.6. The summed E-state index contributed by atoms with van der Waals surface area (Å²) in [5.41, 5.74) is 0. The topological polar surface area (TPSA) is 32.7 Å². The van der Waals surface area contributed by atoms with E-state index < -0.39 is 0 Å². The molecule has 0 saturated heterocycles. The molecule has 0 heterocycles.